The number of aromatic amines is 1. The smallest absolute Gasteiger partial charge is 0.0567 e. The minimum Gasteiger partial charge on any atom is -0.379 e. The van der Waals surface area contributed by atoms with Crippen molar-refractivity contribution in [3.05, 3.63) is 45.7 Å². The number of H-pyrrole nitrogens is 1. The fourth-order valence-corrected chi connectivity index (χ4v) is 1.68. The van der Waals surface area contributed by atoms with Gasteiger partial charge in [-0.1, -0.05) is 11.6 Å². The first-order valence-electron chi connectivity index (χ1n) is 4.43. The zero-order valence-electron chi connectivity index (χ0n) is 7.80. The Balaban J connectivity index is 2.02. The Hall–Kier alpha value is -1.00. The van der Waals surface area contributed by atoms with Crippen molar-refractivity contribution in [2.45, 2.75) is 6.54 Å². The molecule has 0 bridgehead atoms. The number of aromatic nitrogens is 2. The molecule has 0 radical (unpaired) electrons. The van der Waals surface area contributed by atoms with Crippen LogP contribution in [0.2, 0.25) is 5.02 Å². The highest BCUT2D eigenvalue weighted by atomic mass is 79.9. The van der Waals surface area contributed by atoms with Crippen molar-refractivity contribution in [1.82, 2.24) is 10.2 Å². The topological polar surface area (TPSA) is 40.7 Å². The molecule has 0 saturated carbocycles. The lowest BCUT2D eigenvalue weighted by atomic mass is 10.3. The first-order chi connectivity index (χ1) is 7.25. The standard InChI is InChI=1S/C10H9BrClN3/c11-9-5-7(1-2-10(9)12)13-6-8-3-4-14-15-8/h1-5,13H,6H2,(H,14,15). The van der Waals surface area contributed by atoms with Gasteiger partial charge in [-0.15, -0.1) is 0 Å². The van der Waals surface area contributed by atoms with Crippen molar-refractivity contribution in [1.29, 1.82) is 0 Å². The van der Waals surface area contributed by atoms with Crippen LogP contribution in [0.15, 0.2) is 34.9 Å². The third-order valence-electron chi connectivity index (χ3n) is 1.96. The average molecular weight is 287 g/mol. The Morgan fingerprint density at radius 2 is 2.27 bits per heavy atom. The van der Waals surface area contributed by atoms with Crippen molar-refractivity contribution >= 4 is 33.2 Å². The van der Waals surface area contributed by atoms with Gasteiger partial charge >= 0.3 is 0 Å². The molecule has 0 fully saturated rings. The lowest BCUT2D eigenvalue weighted by Crippen LogP contribution is -1.99. The van der Waals surface area contributed by atoms with Gasteiger partial charge in [0, 0.05) is 16.4 Å². The van der Waals surface area contributed by atoms with Crippen LogP contribution in [0.25, 0.3) is 0 Å². The minimum atomic E-state index is 0.710. The quantitative estimate of drug-likeness (QED) is 0.907. The SMILES string of the molecule is Clc1ccc(NCc2ccn[nH]2)cc1Br. The molecule has 1 aromatic carbocycles. The summed E-state index contributed by atoms with van der Waals surface area (Å²) in [5.41, 5.74) is 2.06. The lowest BCUT2D eigenvalue weighted by Gasteiger charge is -2.05. The maximum atomic E-state index is 5.89. The minimum absolute atomic E-state index is 0.710. The van der Waals surface area contributed by atoms with E-state index in [-0.39, 0.29) is 0 Å². The van der Waals surface area contributed by atoms with Crippen LogP contribution in [-0.2, 0) is 6.54 Å². The van der Waals surface area contributed by atoms with Gasteiger partial charge in [-0.3, -0.25) is 5.10 Å². The molecule has 0 unspecified atom stereocenters. The maximum absolute atomic E-state index is 5.89. The average Bonchev–Trinajstić information content (AvgIpc) is 2.73. The van der Waals surface area contributed by atoms with E-state index >= 15 is 0 Å². The second-order valence-electron chi connectivity index (χ2n) is 3.06. The second-order valence-corrected chi connectivity index (χ2v) is 4.33. The number of rotatable bonds is 3. The summed E-state index contributed by atoms with van der Waals surface area (Å²) in [5.74, 6) is 0. The molecule has 0 aliphatic carbocycles. The van der Waals surface area contributed by atoms with Crippen LogP contribution in [-0.4, -0.2) is 10.2 Å². The van der Waals surface area contributed by atoms with Crippen molar-refractivity contribution in [2.24, 2.45) is 0 Å². The molecule has 1 heterocycles. The van der Waals surface area contributed by atoms with Crippen LogP contribution >= 0.6 is 27.5 Å². The molecule has 2 rings (SSSR count). The van der Waals surface area contributed by atoms with Gasteiger partial charge in [0.25, 0.3) is 0 Å². The van der Waals surface area contributed by atoms with E-state index in [0.717, 1.165) is 15.9 Å². The summed E-state index contributed by atoms with van der Waals surface area (Å²) >= 11 is 9.26. The largest absolute Gasteiger partial charge is 0.379 e. The van der Waals surface area contributed by atoms with Crippen LogP contribution in [0.4, 0.5) is 5.69 Å². The first-order valence-corrected chi connectivity index (χ1v) is 5.60. The summed E-state index contributed by atoms with van der Waals surface area (Å²) in [6.07, 6.45) is 1.73. The highest BCUT2D eigenvalue weighted by Crippen LogP contribution is 2.25. The van der Waals surface area contributed by atoms with E-state index in [1.807, 2.05) is 24.3 Å². The van der Waals surface area contributed by atoms with Crippen molar-refractivity contribution in [3.8, 4) is 0 Å². The van der Waals surface area contributed by atoms with Gasteiger partial charge in [-0.2, -0.15) is 5.10 Å². The molecular formula is C10H9BrClN3. The van der Waals surface area contributed by atoms with E-state index in [1.165, 1.54) is 0 Å². The van der Waals surface area contributed by atoms with Crippen LogP contribution in [0, 0.1) is 0 Å². The van der Waals surface area contributed by atoms with Crippen LogP contribution in [0.5, 0.6) is 0 Å². The number of benzene rings is 1. The Morgan fingerprint density at radius 3 is 2.93 bits per heavy atom. The molecule has 2 N–H and O–H groups in total. The molecule has 0 amide bonds. The van der Waals surface area contributed by atoms with E-state index in [0.29, 0.717) is 11.6 Å². The third-order valence-corrected chi connectivity index (χ3v) is 3.17. The zero-order valence-corrected chi connectivity index (χ0v) is 10.1. The summed E-state index contributed by atoms with van der Waals surface area (Å²) in [5, 5.41) is 10.7. The molecule has 3 nitrogen and oxygen atoms in total. The van der Waals surface area contributed by atoms with Crippen molar-refractivity contribution in [2.75, 3.05) is 5.32 Å². The molecule has 2 aromatic rings. The van der Waals surface area contributed by atoms with Crippen molar-refractivity contribution in [3.63, 3.8) is 0 Å². The van der Waals surface area contributed by atoms with Gasteiger partial charge in [-0.05, 0) is 40.2 Å². The summed E-state index contributed by atoms with van der Waals surface area (Å²) in [7, 11) is 0. The molecular weight excluding hydrogens is 277 g/mol. The Bertz CT molecular complexity index is 442. The number of nitrogens with one attached hydrogen (secondary N) is 2. The summed E-state index contributed by atoms with van der Waals surface area (Å²) < 4.78 is 0.888. The van der Waals surface area contributed by atoms with E-state index in [1.54, 1.807) is 6.20 Å². The fourth-order valence-electron chi connectivity index (χ4n) is 1.19. The predicted octanol–water partition coefficient (Wildman–Crippen LogP) is 3.44. The van der Waals surface area contributed by atoms with Gasteiger partial charge in [0.2, 0.25) is 0 Å². The van der Waals surface area contributed by atoms with Crippen LogP contribution in [0.1, 0.15) is 5.69 Å². The first kappa shape index (κ1) is 10.5. The zero-order chi connectivity index (χ0) is 10.7. The Morgan fingerprint density at radius 1 is 1.40 bits per heavy atom. The van der Waals surface area contributed by atoms with Gasteiger partial charge in [0.15, 0.2) is 0 Å². The third kappa shape index (κ3) is 2.73. The highest BCUT2D eigenvalue weighted by molar-refractivity contribution is 9.10. The molecule has 1 aromatic heterocycles. The Kier molecular flexibility index (Phi) is 3.28. The van der Waals surface area contributed by atoms with Gasteiger partial charge in [0.05, 0.1) is 17.3 Å². The van der Waals surface area contributed by atoms with E-state index < -0.39 is 0 Å². The predicted molar refractivity (Wildman–Crippen MR) is 65.1 cm³/mol. The molecule has 0 saturated heterocycles. The molecule has 5 heteroatoms. The maximum Gasteiger partial charge on any atom is 0.0567 e. The molecule has 0 spiro atoms. The lowest BCUT2D eigenvalue weighted by molar-refractivity contribution is 0.981. The number of hydrogen-bond donors (Lipinski definition) is 2. The highest BCUT2D eigenvalue weighted by Gasteiger charge is 1.99. The summed E-state index contributed by atoms with van der Waals surface area (Å²) in [4.78, 5) is 0. The fraction of sp³-hybridized carbons (Fsp3) is 0.100. The van der Waals surface area contributed by atoms with Crippen LogP contribution < -0.4 is 5.32 Å². The summed E-state index contributed by atoms with van der Waals surface area (Å²) in [6.45, 7) is 0.716. The molecule has 78 valence electrons. The number of anilines is 1. The van der Waals surface area contributed by atoms with Crippen molar-refractivity contribution < 1.29 is 0 Å². The van der Waals surface area contributed by atoms with E-state index in [2.05, 4.69) is 31.4 Å². The summed E-state index contributed by atoms with van der Waals surface area (Å²) in [6, 6.07) is 7.65. The van der Waals surface area contributed by atoms with E-state index in [9.17, 15) is 0 Å². The van der Waals surface area contributed by atoms with Crippen LogP contribution in [0.3, 0.4) is 0 Å². The van der Waals surface area contributed by atoms with E-state index in [4.69, 9.17) is 11.6 Å². The number of hydrogen-bond acceptors (Lipinski definition) is 2. The second kappa shape index (κ2) is 4.68. The Labute approximate surface area is 101 Å². The monoisotopic (exact) mass is 285 g/mol. The van der Waals surface area contributed by atoms with Gasteiger partial charge in [0.1, 0.15) is 0 Å². The molecule has 0 aliphatic rings. The normalized spacial score (nSPS) is 10.3. The molecule has 15 heavy (non-hydrogen) atoms. The molecule has 0 aliphatic heterocycles. The number of halogens is 2. The van der Waals surface area contributed by atoms with Gasteiger partial charge in [-0.25, -0.2) is 0 Å². The number of nitrogens with zero attached hydrogens (tertiary/aromatic N) is 1. The van der Waals surface area contributed by atoms with Gasteiger partial charge < -0.3 is 5.32 Å². The molecule has 0 atom stereocenters.